The Bertz CT molecular complexity index is 415. The van der Waals surface area contributed by atoms with Crippen molar-refractivity contribution < 1.29 is 9.47 Å². The quantitative estimate of drug-likeness (QED) is 0.545. The van der Waals surface area contributed by atoms with Gasteiger partial charge in [-0.05, 0) is 13.8 Å². The van der Waals surface area contributed by atoms with Gasteiger partial charge >= 0.3 is 12.0 Å². The molecule has 19 heavy (non-hydrogen) atoms. The molecule has 0 amide bonds. The Morgan fingerprint density at radius 1 is 1.21 bits per heavy atom. The summed E-state index contributed by atoms with van der Waals surface area (Å²) in [6, 6.07) is 0.529. The number of amidine groups is 1. The molecule has 0 atom stereocenters. The number of hydrogen-bond acceptors (Lipinski definition) is 7. The summed E-state index contributed by atoms with van der Waals surface area (Å²) >= 11 is 0. The first kappa shape index (κ1) is 14.9. The summed E-state index contributed by atoms with van der Waals surface area (Å²) < 4.78 is 10.0. The molecule has 8 heteroatoms. The Morgan fingerprint density at radius 2 is 1.74 bits per heavy atom. The van der Waals surface area contributed by atoms with Crippen molar-refractivity contribution in [2.45, 2.75) is 26.3 Å². The van der Waals surface area contributed by atoms with Crippen LogP contribution in [-0.2, 0) is 0 Å². The van der Waals surface area contributed by atoms with Crippen molar-refractivity contribution in [3.63, 3.8) is 0 Å². The van der Waals surface area contributed by atoms with E-state index in [9.17, 15) is 0 Å². The molecular weight excluding hydrogens is 248 g/mol. The van der Waals surface area contributed by atoms with Crippen LogP contribution in [0, 0.1) is 5.41 Å². The van der Waals surface area contributed by atoms with Crippen molar-refractivity contribution in [1.29, 1.82) is 5.41 Å². The summed E-state index contributed by atoms with van der Waals surface area (Å²) in [6.07, 6.45) is 0.439. The first-order valence-electron chi connectivity index (χ1n) is 5.91. The average Bonchev–Trinajstić information content (AvgIpc) is 2.37. The monoisotopic (exact) mass is 268 g/mol. The van der Waals surface area contributed by atoms with Crippen LogP contribution in [-0.4, -0.2) is 47.6 Å². The highest BCUT2D eigenvalue weighted by Gasteiger charge is 2.17. The van der Waals surface area contributed by atoms with E-state index < -0.39 is 0 Å². The second kappa shape index (κ2) is 6.72. The van der Waals surface area contributed by atoms with Crippen LogP contribution >= 0.6 is 0 Å². The van der Waals surface area contributed by atoms with Crippen molar-refractivity contribution >= 4 is 11.8 Å². The molecule has 0 saturated heterocycles. The number of anilines is 1. The molecular formula is C11H20N6O2. The van der Waals surface area contributed by atoms with Gasteiger partial charge in [0.2, 0.25) is 5.95 Å². The van der Waals surface area contributed by atoms with E-state index in [1.807, 2.05) is 18.7 Å². The van der Waals surface area contributed by atoms with Gasteiger partial charge in [0.05, 0.1) is 20.1 Å². The van der Waals surface area contributed by atoms with Gasteiger partial charge in [-0.2, -0.15) is 9.97 Å². The van der Waals surface area contributed by atoms with Crippen LogP contribution in [0.4, 0.5) is 5.95 Å². The van der Waals surface area contributed by atoms with E-state index in [4.69, 9.17) is 20.6 Å². The lowest BCUT2D eigenvalue weighted by Crippen LogP contribution is -2.35. The third-order valence-electron chi connectivity index (χ3n) is 2.45. The van der Waals surface area contributed by atoms with Crippen LogP contribution in [0.3, 0.4) is 0 Å². The van der Waals surface area contributed by atoms with Crippen LogP contribution < -0.4 is 20.1 Å². The molecule has 106 valence electrons. The summed E-state index contributed by atoms with van der Waals surface area (Å²) in [5, 5.41) is 7.30. The molecule has 0 radical (unpaired) electrons. The third kappa shape index (κ3) is 4.23. The van der Waals surface area contributed by atoms with Gasteiger partial charge in [0, 0.05) is 19.0 Å². The molecule has 0 aliphatic carbocycles. The topological polar surface area (TPSA) is 110 Å². The van der Waals surface area contributed by atoms with Gasteiger partial charge in [0.1, 0.15) is 0 Å². The van der Waals surface area contributed by atoms with Crippen LogP contribution in [0.15, 0.2) is 0 Å². The van der Waals surface area contributed by atoms with Gasteiger partial charge in [-0.15, -0.1) is 4.98 Å². The predicted octanol–water partition coefficient (Wildman–Crippen LogP) is 0.430. The maximum Gasteiger partial charge on any atom is 0.324 e. The Balaban J connectivity index is 3.03. The van der Waals surface area contributed by atoms with Crippen molar-refractivity contribution in [3.05, 3.63) is 0 Å². The molecule has 0 saturated carbocycles. The molecule has 3 N–H and O–H groups in total. The van der Waals surface area contributed by atoms with Crippen molar-refractivity contribution in [1.82, 2.24) is 15.0 Å². The molecule has 8 nitrogen and oxygen atoms in total. The van der Waals surface area contributed by atoms with E-state index in [1.54, 1.807) is 0 Å². The number of nitrogens with zero attached hydrogens (tertiary/aromatic N) is 4. The van der Waals surface area contributed by atoms with Gasteiger partial charge in [0.25, 0.3) is 0 Å². The van der Waals surface area contributed by atoms with Crippen LogP contribution in [0.5, 0.6) is 12.0 Å². The molecule has 1 aromatic rings. The number of hydrogen-bond donors (Lipinski definition) is 2. The third-order valence-corrected chi connectivity index (χ3v) is 2.45. The number of nitrogens with two attached hydrogens (primary N) is 1. The van der Waals surface area contributed by atoms with E-state index in [2.05, 4.69) is 15.0 Å². The molecule has 0 unspecified atom stereocenters. The van der Waals surface area contributed by atoms with E-state index in [0.717, 1.165) is 0 Å². The zero-order chi connectivity index (χ0) is 14.4. The van der Waals surface area contributed by atoms with Gasteiger partial charge < -0.3 is 20.1 Å². The fourth-order valence-electron chi connectivity index (χ4n) is 1.47. The molecule has 0 aliphatic rings. The summed E-state index contributed by atoms with van der Waals surface area (Å²) in [4.78, 5) is 14.2. The minimum atomic E-state index is 0.124. The van der Waals surface area contributed by atoms with Gasteiger partial charge in [-0.1, -0.05) is 0 Å². The Hall–Kier alpha value is -2.12. The molecule has 0 aliphatic heterocycles. The van der Waals surface area contributed by atoms with E-state index in [-0.39, 0.29) is 23.9 Å². The lowest BCUT2D eigenvalue weighted by atomic mass is 10.3. The number of rotatable bonds is 7. The zero-order valence-corrected chi connectivity index (χ0v) is 11.7. The SMILES string of the molecule is COc1nc(OC)nc(N(CCC(=N)N)C(C)C)n1. The maximum absolute atomic E-state index is 7.30. The van der Waals surface area contributed by atoms with Crippen LogP contribution in [0.2, 0.25) is 0 Å². The molecule has 0 spiro atoms. The van der Waals surface area contributed by atoms with Crippen molar-refractivity contribution in [2.24, 2.45) is 5.73 Å². The predicted molar refractivity (Wildman–Crippen MR) is 71.9 cm³/mol. The van der Waals surface area contributed by atoms with E-state index in [0.29, 0.717) is 18.9 Å². The smallest absolute Gasteiger partial charge is 0.324 e. The van der Waals surface area contributed by atoms with Gasteiger partial charge in [-0.3, -0.25) is 5.41 Å². The van der Waals surface area contributed by atoms with E-state index in [1.165, 1.54) is 14.2 Å². The van der Waals surface area contributed by atoms with Crippen molar-refractivity contribution in [3.8, 4) is 12.0 Å². The number of methoxy groups -OCH3 is 2. The van der Waals surface area contributed by atoms with Gasteiger partial charge in [0.15, 0.2) is 0 Å². The fraction of sp³-hybridized carbons (Fsp3) is 0.636. The Kier molecular flexibility index (Phi) is 5.28. The Morgan fingerprint density at radius 3 is 2.11 bits per heavy atom. The lowest BCUT2D eigenvalue weighted by molar-refractivity contribution is 0.339. The van der Waals surface area contributed by atoms with E-state index >= 15 is 0 Å². The normalized spacial score (nSPS) is 10.4. The molecule has 1 aromatic heterocycles. The number of aromatic nitrogens is 3. The first-order valence-corrected chi connectivity index (χ1v) is 5.91. The van der Waals surface area contributed by atoms with Crippen LogP contribution in [0.1, 0.15) is 20.3 Å². The highest BCUT2D eigenvalue weighted by Crippen LogP contribution is 2.18. The summed E-state index contributed by atoms with van der Waals surface area (Å²) in [5.41, 5.74) is 5.39. The lowest BCUT2D eigenvalue weighted by Gasteiger charge is -2.26. The van der Waals surface area contributed by atoms with Crippen molar-refractivity contribution in [2.75, 3.05) is 25.7 Å². The second-order valence-electron chi connectivity index (χ2n) is 4.17. The Labute approximate surface area is 112 Å². The molecule has 1 rings (SSSR count). The minimum Gasteiger partial charge on any atom is -0.467 e. The first-order chi connectivity index (χ1) is 8.97. The fourth-order valence-corrected chi connectivity index (χ4v) is 1.47. The second-order valence-corrected chi connectivity index (χ2v) is 4.17. The van der Waals surface area contributed by atoms with Gasteiger partial charge in [-0.25, -0.2) is 0 Å². The molecule has 0 bridgehead atoms. The molecule has 1 heterocycles. The standard InChI is InChI=1S/C11H20N6O2/c1-7(2)17(6-5-8(12)13)9-14-10(18-3)16-11(15-9)19-4/h7H,5-6H2,1-4H3,(H3,12,13). The molecule has 0 aromatic carbocycles. The minimum absolute atomic E-state index is 0.124. The highest BCUT2D eigenvalue weighted by atomic mass is 16.5. The number of nitrogens with one attached hydrogen (secondary N) is 1. The maximum atomic E-state index is 7.30. The zero-order valence-electron chi connectivity index (χ0n) is 11.7. The van der Waals surface area contributed by atoms with Crippen LogP contribution in [0.25, 0.3) is 0 Å². The number of ether oxygens (including phenoxy) is 2. The summed E-state index contributed by atoms with van der Waals surface area (Å²) in [5.74, 6) is 0.568. The largest absolute Gasteiger partial charge is 0.467 e. The summed E-state index contributed by atoms with van der Waals surface area (Å²) in [6.45, 7) is 4.55. The summed E-state index contributed by atoms with van der Waals surface area (Å²) in [7, 11) is 2.96. The highest BCUT2D eigenvalue weighted by molar-refractivity contribution is 5.77. The molecule has 0 fully saturated rings. The average molecular weight is 268 g/mol.